The van der Waals surface area contributed by atoms with Crippen molar-refractivity contribution in [3.63, 3.8) is 0 Å². The van der Waals surface area contributed by atoms with Crippen molar-refractivity contribution in [2.75, 3.05) is 18.0 Å². The van der Waals surface area contributed by atoms with E-state index < -0.39 is 10.0 Å². The second-order valence-electron chi connectivity index (χ2n) is 6.81. The number of carbonyl (C=O) groups is 1. The molecule has 2 aromatic heterocycles. The molecule has 0 unspecified atom stereocenters. The molecule has 1 aromatic carbocycles. The van der Waals surface area contributed by atoms with Gasteiger partial charge in [-0.25, -0.2) is 18.1 Å². The number of benzene rings is 1. The number of pyridine rings is 1. The first-order valence-corrected chi connectivity index (χ1v) is 10.8. The van der Waals surface area contributed by atoms with Gasteiger partial charge in [0, 0.05) is 37.8 Å². The molecule has 146 valence electrons. The Labute approximate surface area is 164 Å². The molecule has 3 aromatic rings. The van der Waals surface area contributed by atoms with Crippen LogP contribution in [0.15, 0.2) is 59.8 Å². The highest BCUT2D eigenvalue weighted by molar-refractivity contribution is 7.89. The van der Waals surface area contributed by atoms with Gasteiger partial charge in [0.05, 0.1) is 16.6 Å². The molecule has 1 fully saturated rings. The highest BCUT2D eigenvalue weighted by Crippen LogP contribution is 2.22. The normalized spacial score (nSPS) is 15.3. The third-order valence-corrected chi connectivity index (χ3v) is 6.42. The van der Waals surface area contributed by atoms with Gasteiger partial charge in [-0.3, -0.25) is 4.79 Å². The Hall–Kier alpha value is -2.71. The fourth-order valence-electron chi connectivity index (χ4n) is 3.45. The maximum Gasteiger partial charge on any atom is 0.240 e. The third kappa shape index (κ3) is 3.79. The van der Waals surface area contributed by atoms with E-state index in [4.69, 9.17) is 0 Å². The summed E-state index contributed by atoms with van der Waals surface area (Å²) in [6, 6.07) is 12.3. The molecule has 8 heteroatoms. The fraction of sp³-hybridized carbons (Fsp3) is 0.300. The van der Waals surface area contributed by atoms with Crippen LogP contribution < -0.4 is 9.62 Å². The van der Waals surface area contributed by atoms with Crippen LogP contribution in [-0.2, 0) is 21.2 Å². The molecule has 1 aliphatic heterocycles. The zero-order valence-electron chi connectivity index (χ0n) is 15.4. The molecule has 7 nitrogen and oxygen atoms in total. The molecule has 0 bridgehead atoms. The molecule has 0 atom stereocenters. The topological polar surface area (TPSA) is 83.8 Å². The minimum Gasteiger partial charge on any atom is -0.312 e. The first-order valence-electron chi connectivity index (χ1n) is 9.36. The Morgan fingerprint density at radius 1 is 1.07 bits per heavy atom. The minimum atomic E-state index is -3.62. The van der Waals surface area contributed by atoms with Crippen LogP contribution in [-0.4, -0.2) is 36.8 Å². The first-order chi connectivity index (χ1) is 13.5. The quantitative estimate of drug-likeness (QED) is 0.691. The maximum absolute atomic E-state index is 12.6. The molecule has 0 radical (unpaired) electrons. The van der Waals surface area contributed by atoms with Crippen molar-refractivity contribution in [3.8, 4) is 0 Å². The van der Waals surface area contributed by atoms with Crippen molar-refractivity contribution < 1.29 is 13.2 Å². The van der Waals surface area contributed by atoms with E-state index in [1.165, 1.54) is 0 Å². The zero-order chi connectivity index (χ0) is 19.6. The molecule has 3 heterocycles. The molecule has 1 N–H and O–H groups in total. The summed E-state index contributed by atoms with van der Waals surface area (Å²) >= 11 is 0. The lowest BCUT2D eigenvalue weighted by molar-refractivity contribution is -0.119. The van der Waals surface area contributed by atoms with Gasteiger partial charge in [0.15, 0.2) is 0 Å². The average molecular weight is 398 g/mol. The summed E-state index contributed by atoms with van der Waals surface area (Å²) in [5, 5.41) is 0. The van der Waals surface area contributed by atoms with Crippen LogP contribution >= 0.6 is 0 Å². The van der Waals surface area contributed by atoms with Crippen LogP contribution in [0.1, 0.15) is 25.1 Å². The Kier molecular flexibility index (Phi) is 5.15. The van der Waals surface area contributed by atoms with E-state index in [1.807, 2.05) is 28.8 Å². The second-order valence-corrected chi connectivity index (χ2v) is 8.58. The lowest BCUT2D eigenvalue weighted by Crippen LogP contribution is -2.35. The molecule has 1 amide bonds. The van der Waals surface area contributed by atoms with Crippen LogP contribution in [0.3, 0.4) is 0 Å². The van der Waals surface area contributed by atoms with Crippen molar-refractivity contribution in [2.45, 2.75) is 30.6 Å². The van der Waals surface area contributed by atoms with Gasteiger partial charge in [-0.05, 0) is 49.2 Å². The summed E-state index contributed by atoms with van der Waals surface area (Å²) < 4.78 is 29.7. The second kappa shape index (κ2) is 7.73. The lowest BCUT2D eigenvalue weighted by atomic mass is 10.1. The standard InChI is InChI=1S/C20H22N4O3S/c25-20-6-2-4-14-24(20)16-7-9-18(10-8-16)28(26,27)22-12-11-19-21-15-17-5-1-3-13-23(17)19/h1,3,5,7-10,13,15,22H,2,4,6,11-12,14H2. The number of anilines is 1. The van der Waals surface area contributed by atoms with Gasteiger partial charge in [0.1, 0.15) is 5.82 Å². The van der Waals surface area contributed by atoms with E-state index in [0.29, 0.717) is 19.4 Å². The molecule has 0 saturated carbocycles. The van der Waals surface area contributed by atoms with Gasteiger partial charge < -0.3 is 9.30 Å². The summed E-state index contributed by atoms with van der Waals surface area (Å²) in [5.41, 5.74) is 1.72. The van der Waals surface area contributed by atoms with Gasteiger partial charge in [0.2, 0.25) is 15.9 Å². The summed E-state index contributed by atoms with van der Waals surface area (Å²) in [7, 11) is -3.62. The highest BCUT2D eigenvalue weighted by atomic mass is 32.2. The van der Waals surface area contributed by atoms with E-state index >= 15 is 0 Å². The summed E-state index contributed by atoms with van der Waals surface area (Å²) in [6.45, 7) is 0.935. The molecule has 1 saturated heterocycles. The number of aromatic nitrogens is 2. The van der Waals surface area contributed by atoms with Gasteiger partial charge >= 0.3 is 0 Å². The molecule has 28 heavy (non-hydrogen) atoms. The molecule has 4 rings (SSSR count). The van der Waals surface area contributed by atoms with E-state index in [2.05, 4.69) is 9.71 Å². The van der Waals surface area contributed by atoms with Crippen LogP contribution in [0, 0.1) is 0 Å². The summed E-state index contributed by atoms with van der Waals surface area (Å²) in [5.74, 6) is 0.893. The van der Waals surface area contributed by atoms with Gasteiger partial charge in [-0.15, -0.1) is 0 Å². The number of fused-ring (bicyclic) bond motifs is 1. The predicted octanol–water partition coefficient (Wildman–Crippen LogP) is 2.37. The van der Waals surface area contributed by atoms with E-state index in [0.717, 1.165) is 29.9 Å². The van der Waals surface area contributed by atoms with Gasteiger partial charge in [-0.1, -0.05) is 6.07 Å². The van der Waals surface area contributed by atoms with Crippen molar-refractivity contribution in [3.05, 3.63) is 60.7 Å². The van der Waals surface area contributed by atoms with E-state index in [-0.39, 0.29) is 17.3 Å². The molecular formula is C20H22N4O3S. The van der Waals surface area contributed by atoms with Crippen LogP contribution in [0.5, 0.6) is 0 Å². The largest absolute Gasteiger partial charge is 0.312 e. The minimum absolute atomic E-state index is 0.0897. The number of imidazole rings is 1. The summed E-state index contributed by atoms with van der Waals surface area (Å²) in [4.78, 5) is 18.3. The zero-order valence-corrected chi connectivity index (χ0v) is 16.2. The van der Waals surface area contributed by atoms with Crippen LogP contribution in [0.25, 0.3) is 5.52 Å². The molecule has 0 spiro atoms. The van der Waals surface area contributed by atoms with Crippen LogP contribution in [0.2, 0.25) is 0 Å². The number of hydrogen-bond acceptors (Lipinski definition) is 4. The van der Waals surface area contributed by atoms with E-state index in [9.17, 15) is 13.2 Å². The molecule has 1 aliphatic rings. The number of piperidine rings is 1. The number of nitrogens with one attached hydrogen (secondary N) is 1. The number of hydrogen-bond donors (Lipinski definition) is 1. The lowest BCUT2D eigenvalue weighted by Gasteiger charge is -2.26. The van der Waals surface area contributed by atoms with Crippen molar-refractivity contribution >= 4 is 27.1 Å². The van der Waals surface area contributed by atoms with Crippen molar-refractivity contribution in [2.24, 2.45) is 0 Å². The van der Waals surface area contributed by atoms with Crippen LogP contribution in [0.4, 0.5) is 5.69 Å². The molecule has 0 aliphatic carbocycles. The monoisotopic (exact) mass is 398 g/mol. The Balaban J connectivity index is 1.41. The van der Waals surface area contributed by atoms with Gasteiger partial charge in [-0.2, -0.15) is 0 Å². The highest BCUT2D eigenvalue weighted by Gasteiger charge is 2.20. The Morgan fingerprint density at radius 3 is 2.68 bits per heavy atom. The Bertz CT molecular complexity index is 1090. The van der Waals surface area contributed by atoms with Gasteiger partial charge in [0.25, 0.3) is 0 Å². The van der Waals surface area contributed by atoms with E-state index in [1.54, 1.807) is 35.4 Å². The summed E-state index contributed by atoms with van der Waals surface area (Å²) in [6.07, 6.45) is 6.59. The Morgan fingerprint density at radius 2 is 1.89 bits per heavy atom. The predicted molar refractivity (Wildman–Crippen MR) is 107 cm³/mol. The number of rotatable bonds is 6. The average Bonchev–Trinajstić information content (AvgIpc) is 3.12. The number of nitrogens with zero attached hydrogens (tertiary/aromatic N) is 3. The number of amides is 1. The van der Waals surface area contributed by atoms with Crippen molar-refractivity contribution in [1.29, 1.82) is 0 Å². The molecular weight excluding hydrogens is 376 g/mol. The third-order valence-electron chi connectivity index (χ3n) is 4.94. The number of sulfonamides is 1. The fourth-order valence-corrected chi connectivity index (χ4v) is 4.48. The first kappa shape index (κ1) is 18.6. The van der Waals surface area contributed by atoms with Crippen molar-refractivity contribution in [1.82, 2.24) is 14.1 Å². The SMILES string of the molecule is O=C1CCCCN1c1ccc(S(=O)(=O)NCCc2ncc3ccccn23)cc1. The maximum atomic E-state index is 12.6. The smallest absolute Gasteiger partial charge is 0.240 e. The number of carbonyl (C=O) groups excluding carboxylic acids is 1.